The summed E-state index contributed by atoms with van der Waals surface area (Å²) in [7, 11) is 0. The highest BCUT2D eigenvalue weighted by Gasteiger charge is 2.08. The Labute approximate surface area is 113 Å². The van der Waals surface area contributed by atoms with Crippen molar-refractivity contribution in [1.82, 2.24) is 4.98 Å². The second-order valence-corrected chi connectivity index (χ2v) is 5.00. The molecule has 0 unspecified atom stereocenters. The van der Waals surface area contributed by atoms with Gasteiger partial charge in [0.2, 0.25) is 0 Å². The number of H-pyrrole nitrogens is 1. The zero-order valence-electron chi connectivity index (χ0n) is 11.3. The average Bonchev–Trinajstić information content (AvgIpc) is 2.90. The molecule has 1 nitrogen and oxygen atoms in total. The van der Waals surface area contributed by atoms with Crippen LogP contribution < -0.4 is 0 Å². The van der Waals surface area contributed by atoms with Gasteiger partial charge in [0.15, 0.2) is 0 Å². The second-order valence-electron chi connectivity index (χ2n) is 5.00. The summed E-state index contributed by atoms with van der Waals surface area (Å²) in [4.78, 5) is 3.35. The molecule has 0 aliphatic carbocycles. The molecule has 0 saturated carbocycles. The van der Waals surface area contributed by atoms with Gasteiger partial charge in [-0.15, -0.1) is 0 Å². The van der Waals surface area contributed by atoms with Gasteiger partial charge < -0.3 is 4.98 Å². The fraction of sp³-hybridized carbons (Fsp3) is 0.111. The Kier molecular flexibility index (Phi) is 2.96. The van der Waals surface area contributed by atoms with Crippen molar-refractivity contribution in [2.75, 3.05) is 0 Å². The van der Waals surface area contributed by atoms with Gasteiger partial charge >= 0.3 is 0 Å². The Bertz CT molecular complexity index is 612. The third-order valence-corrected chi connectivity index (χ3v) is 3.45. The topological polar surface area (TPSA) is 15.8 Å². The molecule has 0 bridgehead atoms. The van der Waals surface area contributed by atoms with Crippen LogP contribution in [-0.4, -0.2) is 4.98 Å². The van der Waals surface area contributed by atoms with E-state index < -0.39 is 0 Å². The summed E-state index contributed by atoms with van der Waals surface area (Å²) in [5.74, 6) is 0. The minimum Gasteiger partial charge on any atom is -0.361 e. The summed E-state index contributed by atoms with van der Waals surface area (Å²) in [5.41, 5.74) is 7.49. The Hall–Kier alpha value is -2.28. The van der Waals surface area contributed by atoms with Gasteiger partial charge in [0.05, 0.1) is 5.69 Å². The summed E-state index contributed by atoms with van der Waals surface area (Å²) < 4.78 is 0. The van der Waals surface area contributed by atoms with Crippen LogP contribution in [0.1, 0.15) is 11.1 Å². The van der Waals surface area contributed by atoms with Crippen LogP contribution in [0.2, 0.25) is 0 Å². The van der Waals surface area contributed by atoms with E-state index >= 15 is 0 Å². The number of rotatable bonds is 2. The first-order valence-corrected chi connectivity index (χ1v) is 6.55. The molecule has 94 valence electrons. The predicted octanol–water partition coefficient (Wildman–Crippen LogP) is 4.97. The number of benzene rings is 2. The van der Waals surface area contributed by atoms with Gasteiger partial charge in [-0.2, -0.15) is 0 Å². The molecule has 3 aromatic rings. The molecule has 19 heavy (non-hydrogen) atoms. The van der Waals surface area contributed by atoms with Crippen molar-refractivity contribution < 1.29 is 0 Å². The maximum Gasteiger partial charge on any atom is 0.0533 e. The number of aromatic amines is 1. The summed E-state index contributed by atoms with van der Waals surface area (Å²) in [6.45, 7) is 4.22. The van der Waals surface area contributed by atoms with E-state index in [1.807, 2.05) is 6.20 Å². The Morgan fingerprint density at radius 1 is 0.632 bits per heavy atom. The molecule has 0 fully saturated rings. The highest BCUT2D eigenvalue weighted by Crippen LogP contribution is 2.31. The van der Waals surface area contributed by atoms with Gasteiger partial charge in [0.25, 0.3) is 0 Å². The van der Waals surface area contributed by atoms with E-state index in [0.717, 1.165) is 0 Å². The first-order chi connectivity index (χ1) is 9.24. The van der Waals surface area contributed by atoms with E-state index in [4.69, 9.17) is 0 Å². The largest absolute Gasteiger partial charge is 0.361 e. The smallest absolute Gasteiger partial charge is 0.0533 e. The minimum atomic E-state index is 1.18. The van der Waals surface area contributed by atoms with Crippen molar-refractivity contribution in [1.29, 1.82) is 0 Å². The van der Waals surface area contributed by atoms with E-state index in [1.54, 1.807) is 0 Å². The molecule has 1 heterocycles. The van der Waals surface area contributed by atoms with Crippen LogP contribution >= 0.6 is 0 Å². The zero-order valence-corrected chi connectivity index (χ0v) is 11.3. The number of hydrogen-bond acceptors (Lipinski definition) is 0. The van der Waals surface area contributed by atoms with Crippen LogP contribution in [0.5, 0.6) is 0 Å². The SMILES string of the molecule is Cc1ccc(-c2cc[nH]c2-c2ccc(C)cc2)cc1. The molecule has 0 spiro atoms. The molecule has 0 saturated heterocycles. The average molecular weight is 247 g/mol. The van der Waals surface area contributed by atoms with Crippen molar-refractivity contribution >= 4 is 0 Å². The molecule has 0 aliphatic rings. The van der Waals surface area contributed by atoms with E-state index in [-0.39, 0.29) is 0 Å². The maximum absolute atomic E-state index is 3.35. The third-order valence-electron chi connectivity index (χ3n) is 3.45. The predicted molar refractivity (Wildman–Crippen MR) is 81.1 cm³/mol. The number of hydrogen-bond donors (Lipinski definition) is 1. The molecule has 2 aromatic carbocycles. The lowest BCUT2D eigenvalue weighted by atomic mass is 10.0. The lowest BCUT2D eigenvalue weighted by Gasteiger charge is -2.06. The van der Waals surface area contributed by atoms with Gasteiger partial charge in [0.1, 0.15) is 0 Å². The zero-order chi connectivity index (χ0) is 13.2. The summed E-state index contributed by atoms with van der Waals surface area (Å²) >= 11 is 0. The van der Waals surface area contributed by atoms with E-state index in [0.29, 0.717) is 0 Å². The molecular weight excluding hydrogens is 230 g/mol. The highest BCUT2D eigenvalue weighted by molar-refractivity contribution is 5.81. The number of aromatic nitrogens is 1. The van der Waals surface area contributed by atoms with Crippen LogP contribution in [0.15, 0.2) is 60.8 Å². The standard InChI is InChI=1S/C18H17N/c1-13-3-7-15(8-4-13)17-11-12-19-18(17)16-9-5-14(2)6-10-16/h3-12,19H,1-2H3. The Balaban J connectivity index is 2.07. The van der Waals surface area contributed by atoms with Gasteiger partial charge in [-0.05, 0) is 31.0 Å². The monoisotopic (exact) mass is 247 g/mol. The molecule has 0 aliphatic heterocycles. The fourth-order valence-corrected chi connectivity index (χ4v) is 2.30. The summed E-state index contributed by atoms with van der Waals surface area (Å²) in [5, 5.41) is 0. The first-order valence-electron chi connectivity index (χ1n) is 6.55. The number of nitrogens with one attached hydrogen (secondary N) is 1. The Morgan fingerprint density at radius 3 is 1.74 bits per heavy atom. The molecule has 1 aromatic heterocycles. The van der Waals surface area contributed by atoms with Crippen LogP contribution in [0.25, 0.3) is 22.4 Å². The van der Waals surface area contributed by atoms with Gasteiger partial charge in [-0.25, -0.2) is 0 Å². The third kappa shape index (κ3) is 2.32. The lowest BCUT2D eigenvalue weighted by Crippen LogP contribution is -1.83. The molecule has 1 N–H and O–H groups in total. The Morgan fingerprint density at radius 2 is 1.16 bits per heavy atom. The lowest BCUT2D eigenvalue weighted by molar-refractivity contribution is 1.38. The highest BCUT2D eigenvalue weighted by atomic mass is 14.7. The molecule has 0 amide bonds. The summed E-state index contributed by atoms with van der Waals surface area (Å²) in [6.07, 6.45) is 2.00. The van der Waals surface area contributed by atoms with E-state index in [2.05, 4.69) is 73.4 Å². The van der Waals surface area contributed by atoms with Crippen molar-refractivity contribution in [3.63, 3.8) is 0 Å². The molecule has 1 heteroatoms. The molecular formula is C18H17N. The first kappa shape index (κ1) is 11.8. The van der Waals surface area contributed by atoms with Crippen LogP contribution in [0.3, 0.4) is 0 Å². The van der Waals surface area contributed by atoms with Gasteiger partial charge in [0, 0.05) is 11.8 Å². The quantitative estimate of drug-likeness (QED) is 0.658. The van der Waals surface area contributed by atoms with Crippen molar-refractivity contribution in [3.8, 4) is 22.4 Å². The van der Waals surface area contributed by atoms with Crippen LogP contribution in [0.4, 0.5) is 0 Å². The fourth-order valence-electron chi connectivity index (χ4n) is 2.30. The van der Waals surface area contributed by atoms with Gasteiger partial charge in [-0.3, -0.25) is 0 Å². The molecule has 0 radical (unpaired) electrons. The summed E-state index contributed by atoms with van der Waals surface area (Å²) in [6, 6.07) is 19.4. The number of aryl methyl sites for hydroxylation is 2. The molecule has 3 rings (SSSR count). The van der Waals surface area contributed by atoms with E-state index in [1.165, 1.54) is 33.5 Å². The van der Waals surface area contributed by atoms with Crippen LogP contribution in [-0.2, 0) is 0 Å². The minimum absolute atomic E-state index is 1.18. The molecule has 0 atom stereocenters. The normalized spacial score (nSPS) is 10.6. The van der Waals surface area contributed by atoms with Crippen molar-refractivity contribution in [2.45, 2.75) is 13.8 Å². The van der Waals surface area contributed by atoms with E-state index in [9.17, 15) is 0 Å². The maximum atomic E-state index is 3.35. The van der Waals surface area contributed by atoms with Crippen molar-refractivity contribution in [3.05, 3.63) is 71.9 Å². The van der Waals surface area contributed by atoms with Crippen LogP contribution in [0, 0.1) is 13.8 Å². The van der Waals surface area contributed by atoms with Crippen molar-refractivity contribution in [2.24, 2.45) is 0 Å². The van der Waals surface area contributed by atoms with Gasteiger partial charge in [-0.1, -0.05) is 59.7 Å². The second kappa shape index (κ2) is 4.77.